The van der Waals surface area contributed by atoms with Gasteiger partial charge >= 0.3 is 5.97 Å². The van der Waals surface area contributed by atoms with Gasteiger partial charge in [0.1, 0.15) is 11.8 Å². The first-order valence-electron chi connectivity index (χ1n) is 5.30. The Morgan fingerprint density at radius 1 is 1.59 bits per heavy atom. The fourth-order valence-corrected chi connectivity index (χ4v) is 2.56. The van der Waals surface area contributed by atoms with Crippen LogP contribution in [0.5, 0.6) is 0 Å². The summed E-state index contributed by atoms with van der Waals surface area (Å²) in [6.07, 6.45) is 0. The minimum absolute atomic E-state index is 0.540. The van der Waals surface area contributed by atoms with Crippen molar-refractivity contribution >= 4 is 17.7 Å². The number of rotatable bonds is 5. The summed E-state index contributed by atoms with van der Waals surface area (Å²) in [4.78, 5) is 10.9. The fourth-order valence-electron chi connectivity index (χ4n) is 1.35. The van der Waals surface area contributed by atoms with Crippen LogP contribution in [0.4, 0.5) is 0 Å². The molecule has 3 N–H and O–H groups in total. The molecule has 0 unspecified atom stereocenters. The second-order valence-electron chi connectivity index (χ2n) is 4.51. The van der Waals surface area contributed by atoms with Gasteiger partial charge < -0.3 is 15.4 Å². The molecule has 0 saturated carbocycles. The molecule has 0 aliphatic carbocycles. The van der Waals surface area contributed by atoms with Crippen molar-refractivity contribution in [3.8, 4) is 0 Å². The number of aliphatic carboxylic acids is 1. The zero-order valence-corrected chi connectivity index (χ0v) is 11.3. The molecule has 0 fully saturated rings. The number of carboxylic acid groups (broad SMARTS) is 1. The quantitative estimate of drug-likeness (QED) is 0.835. The van der Waals surface area contributed by atoms with E-state index in [4.69, 9.17) is 15.4 Å². The molecule has 1 rings (SSSR count). The van der Waals surface area contributed by atoms with Gasteiger partial charge in [-0.1, -0.05) is 5.16 Å². The topological polar surface area (TPSA) is 89.4 Å². The zero-order valence-electron chi connectivity index (χ0n) is 10.5. The number of nitrogens with zero attached hydrogens (tertiary/aromatic N) is 1. The molecule has 6 heteroatoms. The van der Waals surface area contributed by atoms with Crippen LogP contribution in [0.1, 0.15) is 30.9 Å². The summed E-state index contributed by atoms with van der Waals surface area (Å²) >= 11 is 1.50. The lowest BCUT2D eigenvalue weighted by molar-refractivity contribution is -0.139. The number of carbonyl (C=O) groups is 1. The van der Waals surface area contributed by atoms with Gasteiger partial charge in [-0.2, -0.15) is 0 Å². The van der Waals surface area contributed by atoms with Gasteiger partial charge in [-0.25, -0.2) is 0 Å². The molecule has 0 bridgehead atoms. The van der Waals surface area contributed by atoms with Crippen LogP contribution in [-0.4, -0.2) is 27.0 Å². The lowest BCUT2D eigenvalue weighted by atomic mass is 10.1. The second kappa shape index (κ2) is 5.10. The third-order valence-corrected chi connectivity index (χ3v) is 4.22. The molecule has 0 spiro atoms. The summed E-state index contributed by atoms with van der Waals surface area (Å²) in [5, 5.41) is 12.8. The summed E-state index contributed by atoms with van der Waals surface area (Å²) in [6, 6.07) is -0.895. The molecule has 0 saturated heterocycles. The number of hydrogen-bond acceptors (Lipinski definition) is 5. The summed E-state index contributed by atoms with van der Waals surface area (Å²) in [6.45, 7) is 7.37. The molecule has 1 atom stereocenters. The highest BCUT2D eigenvalue weighted by molar-refractivity contribution is 7.99. The van der Waals surface area contributed by atoms with Crippen molar-refractivity contribution in [2.75, 3.05) is 0 Å². The SMILES string of the molecule is Cc1noc(C)c1CSC(C)(C)[C@H](N)C(=O)O. The van der Waals surface area contributed by atoms with Gasteiger partial charge in [0.2, 0.25) is 0 Å². The van der Waals surface area contributed by atoms with Crippen molar-refractivity contribution in [3.63, 3.8) is 0 Å². The molecule has 0 aromatic carbocycles. The molecule has 1 aromatic heterocycles. The highest BCUT2D eigenvalue weighted by Crippen LogP contribution is 2.32. The monoisotopic (exact) mass is 258 g/mol. The molecular formula is C11H18N2O3S. The lowest BCUT2D eigenvalue weighted by Crippen LogP contribution is -2.46. The molecule has 0 radical (unpaired) electrons. The van der Waals surface area contributed by atoms with Gasteiger partial charge in [-0.05, 0) is 27.7 Å². The van der Waals surface area contributed by atoms with E-state index in [1.807, 2.05) is 27.7 Å². The number of aromatic nitrogens is 1. The smallest absolute Gasteiger partial charge is 0.321 e. The summed E-state index contributed by atoms with van der Waals surface area (Å²) in [5.41, 5.74) is 7.51. The Balaban J connectivity index is 2.70. The number of nitrogens with two attached hydrogens (primary N) is 1. The molecule has 0 amide bonds. The first-order valence-corrected chi connectivity index (χ1v) is 6.28. The van der Waals surface area contributed by atoms with Gasteiger partial charge in [0.05, 0.1) is 5.69 Å². The molecule has 96 valence electrons. The van der Waals surface area contributed by atoms with Gasteiger partial charge in [0, 0.05) is 16.1 Å². The van der Waals surface area contributed by atoms with E-state index in [2.05, 4.69) is 5.16 Å². The van der Waals surface area contributed by atoms with Crippen molar-refractivity contribution in [1.29, 1.82) is 0 Å². The predicted octanol–water partition coefficient (Wildman–Crippen LogP) is 1.72. The molecule has 1 aromatic rings. The van der Waals surface area contributed by atoms with Crippen LogP contribution >= 0.6 is 11.8 Å². The number of carboxylic acids is 1. The van der Waals surface area contributed by atoms with Crippen molar-refractivity contribution in [1.82, 2.24) is 5.16 Å². The molecular weight excluding hydrogens is 240 g/mol. The average Bonchev–Trinajstić information content (AvgIpc) is 2.55. The lowest BCUT2D eigenvalue weighted by Gasteiger charge is -2.27. The van der Waals surface area contributed by atoms with E-state index in [1.54, 1.807) is 0 Å². The van der Waals surface area contributed by atoms with E-state index in [1.165, 1.54) is 11.8 Å². The molecule has 5 nitrogen and oxygen atoms in total. The molecule has 17 heavy (non-hydrogen) atoms. The van der Waals surface area contributed by atoms with Crippen LogP contribution in [0.15, 0.2) is 4.52 Å². The standard InChI is InChI=1S/C11H18N2O3S/c1-6-8(7(2)16-13-6)5-17-11(3,4)9(12)10(14)15/h9H,5,12H2,1-4H3,(H,14,15)/t9-/m1/s1. The van der Waals surface area contributed by atoms with Gasteiger partial charge in [-0.15, -0.1) is 11.8 Å². The Hall–Kier alpha value is -1.01. The maximum absolute atomic E-state index is 10.9. The van der Waals surface area contributed by atoms with Crippen LogP contribution in [0.2, 0.25) is 0 Å². The summed E-state index contributed by atoms with van der Waals surface area (Å²) in [5.74, 6) is 0.436. The maximum Gasteiger partial charge on any atom is 0.321 e. The largest absolute Gasteiger partial charge is 0.480 e. The second-order valence-corrected chi connectivity index (χ2v) is 6.14. The first-order chi connectivity index (χ1) is 7.75. The van der Waals surface area contributed by atoms with Crippen LogP contribution in [0.25, 0.3) is 0 Å². The van der Waals surface area contributed by atoms with Crippen LogP contribution < -0.4 is 5.73 Å². The average molecular weight is 258 g/mol. The van der Waals surface area contributed by atoms with E-state index in [-0.39, 0.29) is 0 Å². The Morgan fingerprint density at radius 2 is 2.18 bits per heavy atom. The molecule has 0 aliphatic rings. The normalized spacial score (nSPS) is 13.7. The Morgan fingerprint density at radius 3 is 2.59 bits per heavy atom. The van der Waals surface area contributed by atoms with E-state index >= 15 is 0 Å². The molecule has 0 aliphatic heterocycles. The van der Waals surface area contributed by atoms with Crippen LogP contribution in [0, 0.1) is 13.8 Å². The van der Waals surface area contributed by atoms with E-state index in [9.17, 15) is 4.79 Å². The number of aryl methyl sites for hydroxylation is 2. The third kappa shape index (κ3) is 3.23. The van der Waals surface area contributed by atoms with Crippen molar-refractivity contribution < 1.29 is 14.4 Å². The third-order valence-electron chi connectivity index (χ3n) is 2.78. The predicted molar refractivity (Wildman–Crippen MR) is 67.0 cm³/mol. The Bertz CT molecular complexity index is 395. The van der Waals surface area contributed by atoms with Crippen molar-refractivity contribution in [2.24, 2.45) is 5.73 Å². The zero-order chi connectivity index (χ0) is 13.2. The summed E-state index contributed by atoms with van der Waals surface area (Å²) < 4.78 is 4.52. The van der Waals surface area contributed by atoms with Crippen molar-refractivity contribution in [2.45, 2.75) is 44.2 Å². The van der Waals surface area contributed by atoms with Gasteiger partial charge in [0.15, 0.2) is 0 Å². The Kier molecular flexibility index (Phi) is 4.21. The van der Waals surface area contributed by atoms with E-state index < -0.39 is 16.8 Å². The maximum atomic E-state index is 10.9. The van der Waals surface area contributed by atoms with E-state index in [0.717, 1.165) is 17.0 Å². The van der Waals surface area contributed by atoms with Crippen LogP contribution in [0.3, 0.4) is 0 Å². The van der Waals surface area contributed by atoms with Gasteiger partial charge in [0.25, 0.3) is 0 Å². The minimum Gasteiger partial charge on any atom is -0.480 e. The molecule has 1 heterocycles. The first kappa shape index (κ1) is 14.1. The van der Waals surface area contributed by atoms with Crippen molar-refractivity contribution in [3.05, 3.63) is 17.0 Å². The fraction of sp³-hybridized carbons (Fsp3) is 0.636. The highest BCUT2D eigenvalue weighted by Gasteiger charge is 2.33. The highest BCUT2D eigenvalue weighted by atomic mass is 32.2. The summed E-state index contributed by atoms with van der Waals surface area (Å²) in [7, 11) is 0. The Labute approximate surface area is 105 Å². The number of hydrogen-bond donors (Lipinski definition) is 2. The van der Waals surface area contributed by atoms with E-state index in [0.29, 0.717) is 5.75 Å². The number of thioether (sulfide) groups is 1. The van der Waals surface area contributed by atoms with Crippen LogP contribution in [-0.2, 0) is 10.5 Å². The van der Waals surface area contributed by atoms with Gasteiger partial charge in [-0.3, -0.25) is 4.79 Å². The minimum atomic E-state index is -0.985.